The van der Waals surface area contributed by atoms with Crippen LogP contribution in [-0.2, 0) is 11.2 Å². The van der Waals surface area contributed by atoms with Crippen molar-refractivity contribution < 1.29 is 14.6 Å². The molecule has 0 aliphatic rings. The third-order valence-electron chi connectivity index (χ3n) is 2.93. The van der Waals surface area contributed by atoms with Gasteiger partial charge in [0, 0.05) is 0 Å². The van der Waals surface area contributed by atoms with Crippen molar-refractivity contribution in [2.24, 2.45) is 5.73 Å². The van der Waals surface area contributed by atoms with Crippen molar-refractivity contribution in [1.29, 1.82) is 5.26 Å². The lowest BCUT2D eigenvalue weighted by molar-refractivity contribution is -0.138. The number of benzene rings is 2. The quantitative estimate of drug-likeness (QED) is 0.877. The zero-order valence-corrected chi connectivity index (χ0v) is 11.2. The lowest BCUT2D eigenvalue weighted by Crippen LogP contribution is -2.32. The summed E-state index contributed by atoms with van der Waals surface area (Å²) in [7, 11) is 0. The number of nitrogens with two attached hydrogens (primary N) is 1. The molecule has 21 heavy (non-hydrogen) atoms. The highest BCUT2D eigenvalue weighted by Crippen LogP contribution is 2.25. The van der Waals surface area contributed by atoms with Gasteiger partial charge in [0.1, 0.15) is 23.6 Å². The Labute approximate surface area is 122 Å². The summed E-state index contributed by atoms with van der Waals surface area (Å²) in [4.78, 5) is 10.7. The van der Waals surface area contributed by atoms with Crippen LogP contribution in [-0.4, -0.2) is 17.1 Å². The first kappa shape index (κ1) is 14.6. The molecular weight excluding hydrogens is 268 g/mol. The lowest BCUT2D eigenvalue weighted by Gasteiger charge is -2.09. The van der Waals surface area contributed by atoms with Crippen molar-refractivity contribution in [3.05, 3.63) is 59.7 Å². The molecule has 3 N–H and O–H groups in total. The molecule has 0 aliphatic heterocycles. The average Bonchev–Trinajstić information content (AvgIpc) is 2.49. The molecule has 0 aliphatic carbocycles. The van der Waals surface area contributed by atoms with Crippen LogP contribution in [0.2, 0.25) is 0 Å². The number of rotatable bonds is 5. The van der Waals surface area contributed by atoms with Gasteiger partial charge in [0.2, 0.25) is 0 Å². The van der Waals surface area contributed by atoms with E-state index >= 15 is 0 Å². The van der Waals surface area contributed by atoms with Gasteiger partial charge in [-0.1, -0.05) is 24.3 Å². The molecular formula is C16H14N2O3. The first-order valence-electron chi connectivity index (χ1n) is 6.34. The summed E-state index contributed by atoms with van der Waals surface area (Å²) in [5.74, 6) is 0.0265. The Bertz CT molecular complexity index is 675. The summed E-state index contributed by atoms with van der Waals surface area (Å²) >= 11 is 0. The molecule has 106 valence electrons. The maximum Gasteiger partial charge on any atom is 0.320 e. The zero-order valence-electron chi connectivity index (χ0n) is 11.2. The van der Waals surface area contributed by atoms with E-state index in [-0.39, 0.29) is 6.42 Å². The van der Waals surface area contributed by atoms with Crippen molar-refractivity contribution in [2.75, 3.05) is 0 Å². The summed E-state index contributed by atoms with van der Waals surface area (Å²) in [6.45, 7) is 0. The van der Waals surface area contributed by atoms with Gasteiger partial charge in [0.15, 0.2) is 0 Å². The molecule has 0 saturated heterocycles. The molecule has 0 amide bonds. The van der Waals surface area contributed by atoms with Crippen LogP contribution in [0.5, 0.6) is 11.5 Å². The topological polar surface area (TPSA) is 96.3 Å². The number of para-hydroxylation sites is 1. The van der Waals surface area contributed by atoms with Crippen LogP contribution in [0.3, 0.4) is 0 Å². The smallest absolute Gasteiger partial charge is 0.320 e. The van der Waals surface area contributed by atoms with Crippen LogP contribution in [0.25, 0.3) is 0 Å². The summed E-state index contributed by atoms with van der Waals surface area (Å²) < 4.78 is 5.64. The van der Waals surface area contributed by atoms with Gasteiger partial charge >= 0.3 is 5.97 Å². The third-order valence-corrected chi connectivity index (χ3v) is 2.93. The van der Waals surface area contributed by atoms with Gasteiger partial charge in [-0.3, -0.25) is 4.79 Å². The van der Waals surface area contributed by atoms with Crippen LogP contribution in [0, 0.1) is 11.3 Å². The monoisotopic (exact) mass is 282 g/mol. The molecule has 0 radical (unpaired) electrons. The van der Waals surface area contributed by atoms with Crippen LogP contribution in [0.15, 0.2) is 48.5 Å². The molecule has 2 aromatic carbocycles. The van der Waals surface area contributed by atoms with Crippen LogP contribution < -0.4 is 10.5 Å². The van der Waals surface area contributed by atoms with Gasteiger partial charge in [-0.2, -0.15) is 5.26 Å². The second kappa shape index (κ2) is 6.55. The molecule has 0 bridgehead atoms. The fourth-order valence-electron chi connectivity index (χ4n) is 1.81. The second-order valence-corrected chi connectivity index (χ2v) is 4.50. The molecule has 0 aromatic heterocycles. The minimum atomic E-state index is -1.03. The summed E-state index contributed by atoms with van der Waals surface area (Å²) in [6, 6.07) is 15.0. The van der Waals surface area contributed by atoms with Gasteiger partial charge in [0.25, 0.3) is 0 Å². The fraction of sp³-hybridized carbons (Fsp3) is 0.125. The normalized spacial score (nSPS) is 11.4. The number of ether oxygens (including phenoxy) is 1. The molecule has 1 unspecified atom stereocenters. The Morgan fingerprint density at radius 3 is 2.52 bits per heavy atom. The summed E-state index contributed by atoms with van der Waals surface area (Å²) in [5.41, 5.74) is 6.75. The zero-order chi connectivity index (χ0) is 15.2. The number of aliphatic carboxylic acids is 1. The maximum absolute atomic E-state index is 10.7. The van der Waals surface area contributed by atoms with E-state index in [2.05, 4.69) is 6.07 Å². The van der Waals surface area contributed by atoms with Crippen molar-refractivity contribution >= 4 is 5.97 Å². The molecule has 5 nitrogen and oxygen atoms in total. The molecule has 2 rings (SSSR count). The molecule has 0 spiro atoms. The predicted octanol–water partition coefficient (Wildman–Crippen LogP) is 2.30. The maximum atomic E-state index is 10.7. The number of nitrogens with zero attached hydrogens (tertiary/aromatic N) is 1. The van der Waals surface area contributed by atoms with E-state index in [1.807, 2.05) is 0 Å². The highest BCUT2D eigenvalue weighted by molar-refractivity contribution is 5.73. The van der Waals surface area contributed by atoms with Crippen LogP contribution in [0.4, 0.5) is 0 Å². The Kier molecular flexibility index (Phi) is 4.54. The number of carboxylic acids is 1. The van der Waals surface area contributed by atoms with Crippen molar-refractivity contribution in [3.63, 3.8) is 0 Å². The standard InChI is InChI=1S/C16H14N2O3/c17-10-12-3-1-2-4-15(12)21-13-7-5-11(6-8-13)9-14(18)16(19)20/h1-8,14H,9,18H2,(H,19,20). The lowest BCUT2D eigenvalue weighted by atomic mass is 10.1. The molecule has 0 fully saturated rings. The first-order valence-corrected chi connectivity index (χ1v) is 6.34. The molecule has 0 heterocycles. The van der Waals surface area contributed by atoms with Crippen molar-refractivity contribution in [1.82, 2.24) is 0 Å². The van der Waals surface area contributed by atoms with E-state index in [1.54, 1.807) is 48.5 Å². The van der Waals surface area contributed by atoms with Crippen molar-refractivity contribution in [2.45, 2.75) is 12.5 Å². The fourth-order valence-corrected chi connectivity index (χ4v) is 1.81. The minimum absolute atomic E-state index is 0.254. The van der Waals surface area contributed by atoms with E-state index in [4.69, 9.17) is 20.8 Å². The Hall–Kier alpha value is -2.84. The largest absolute Gasteiger partial charge is 0.480 e. The van der Waals surface area contributed by atoms with Gasteiger partial charge < -0.3 is 15.6 Å². The molecule has 5 heteroatoms. The average molecular weight is 282 g/mol. The molecule has 2 aromatic rings. The Balaban J connectivity index is 2.09. The van der Waals surface area contributed by atoms with Gasteiger partial charge in [-0.15, -0.1) is 0 Å². The van der Waals surface area contributed by atoms with E-state index in [0.717, 1.165) is 5.56 Å². The molecule has 0 saturated carbocycles. The Morgan fingerprint density at radius 2 is 1.90 bits per heavy atom. The van der Waals surface area contributed by atoms with Gasteiger partial charge in [0.05, 0.1) is 5.56 Å². The highest BCUT2D eigenvalue weighted by atomic mass is 16.5. The summed E-state index contributed by atoms with van der Waals surface area (Å²) in [5, 5.41) is 17.8. The minimum Gasteiger partial charge on any atom is -0.480 e. The Morgan fingerprint density at radius 1 is 1.24 bits per heavy atom. The van der Waals surface area contributed by atoms with E-state index in [1.165, 1.54) is 0 Å². The van der Waals surface area contributed by atoms with Gasteiger partial charge in [-0.25, -0.2) is 0 Å². The second-order valence-electron chi connectivity index (χ2n) is 4.50. The number of hydrogen-bond acceptors (Lipinski definition) is 4. The van der Waals surface area contributed by atoms with Crippen LogP contribution in [0.1, 0.15) is 11.1 Å². The van der Waals surface area contributed by atoms with E-state index in [0.29, 0.717) is 17.1 Å². The number of hydrogen-bond donors (Lipinski definition) is 2. The highest BCUT2D eigenvalue weighted by Gasteiger charge is 2.12. The number of carbonyl (C=O) groups is 1. The van der Waals surface area contributed by atoms with E-state index in [9.17, 15) is 4.79 Å². The predicted molar refractivity (Wildman–Crippen MR) is 77.0 cm³/mol. The van der Waals surface area contributed by atoms with Crippen LogP contribution >= 0.6 is 0 Å². The first-order chi connectivity index (χ1) is 10.1. The number of carboxylic acid groups (broad SMARTS) is 1. The SMILES string of the molecule is N#Cc1ccccc1Oc1ccc(CC(N)C(=O)O)cc1. The van der Waals surface area contributed by atoms with E-state index < -0.39 is 12.0 Å². The van der Waals surface area contributed by atoms with Crippen molar-refractivity contribution in [3.8, 4) is 17.6 Å². The summed E-state index contributed by atoms with van der Waals surface area (Å²) in [6.07, 6.45) is 0.254. The van der Waals surface area contributed by atoms with Gasteiger partial charge in [-0.05, 0) is 36.2 Å². The third kappa shape index (κ3) is 3.81. The molecule has 1 atom stereocenters. The number of nitriles is 1.